The van der Waals surface area contributed by atoms with E-state index in [4.69, 9.17) is 10.2 Å². The van der Waals surface area contributed by atoms with Crippen molar-refractivity contribution in [2.75, 3.05) is 6.61 Å². The molecule has 1 aromatic rings. The molecular weight excluding hydrogens is 175 g/mol. The smallest absolute Gasteiger partial charge is 0.163 e. The molecular formula is C9H11FO3. The summed E-state index contributed by atoms with van der Waals surface area (Å²) in [6, 6.07) is 2.18. The van der Waals surface area contributed by atoms with Gasteiger partial charge in [0.25, 0.3) is 0 Å². The highest BCUT2D eigenvalue weighted by atomic mass is 19.1. The lowest BCUT2D eigenvalue weighted by Crippen LogP contribution is -1.94. The fourth-order valence-electron chi connectivity index (χ4n) is 1.09. The highest BCUT2D eigenvalue weighted by Gasteiger charge is 2.11. The van der Waals surface area contributed by atoms with Gasteiger partial charge in [-0.05, 0) is 25.0 Å². The van der Waals surface area contributed by atoms with E-state index in [1.54, 1.807) is 0 Å². The zero-order valence-corrected chi connectivity index (χ0v) is 7.00. The number of aliphatic hydroxyl groups is 1. The van der Waals surface area contributed by atoms with Crippen LogP contribution in [0.5, 0.6) is 11.5 Å². The van der Waals surface area contributed by atoms with Crippen LogP contribution >= 0.6 is 0 Å². The first-order valence-corrected chi connectivity index (χ1v) is 3.97. The van der Waals surface area contributed by atoms with Crippen molar-refractivity contribution in [1.29, 1.82) is 0 Å². The van der Waals surface area contributed by atoms with Crippen LogP contribution in [0.25, 0.3) is 0 Å². The molecule has 0 spiro atoms. The van der Waals surface area contributed by atoms with Crippen LogP contribution in [0, 0.1) is 5.82 Å². The number of hydrogen-bond donors (Lipinski definition) is 3. The Morgan fingerprint density at radius 3 is 2.54 bits per heavy atom. The molecule has 0 fully saturated rings. The van der Waals surface area contributed by atoms with Crippen molar-refractivity contribution in [3.8, 4) is 11.5 Å². The molecule has 3 nitrogen and oxygen atoms in total. The van der Waals surface area contributed by atoms with E-state index in [-0.39, 0.29) is 24.3 Å². The fourth-order valence-corrected chi connectivity index (χ4v) is 1.09. The minimum absolute atomic E-state index is 0.0500. The number of phenols is 2. The number of aliphatic hydroxyl groups excluding tert-OH is 1. The van der Waals surface area contributed by atoms with Crippen LogP contribution in [0.1, 0.15) is 12.0 Å². The minimum Gasteiger partial charge on any atom is -0.504 e. The largest absolute Gasteiger partial charge is 0.504 e. The zero-order valence-electron chi connectivity index (χ0n) is 7.00. The van der Waals surface area contributed by atoms with Crippen molar-refractivity contribution in [2.24, 2.45) is 0 Å². The minimum atomic E-state index is -0.566. The van der Waals surface area contributed by atoms with Gasteiger partial charge in [-0.25, -0.2) is 4.39 Å². The van der Waals surface area contributed by atoms with Gasteiger partial charge in [0.1, 0.15) is 5.82 Å². The number of halogens is 1. The van der Waals surface area contributed by atoms with E-state index < -0.39 is 11.6 Å². The average molecular weight is 186 g/mol. The molecule has 13 heavy (non-hydrogen) atoms. The number of rotatable bonds is 3. The van der Waals surface area contributed by atoms with Gasteiger partial charge in [0.05, 0.1) is 0 Å². The maximum Gasteiger partial charge on any atom is 0.163 e. The van der Waals surface area contributed by atoms with Crippen LogP contribution in [-0.2, 0) is 6.42 Å². The van der Waals surface area contributed by atoms with E-state index in [9.17, 15) is 9.50 Å². The second kappa shape index (κ2) is 4.09. The van der Waals surface area contributed by atoms with Gasteiger partial charge in [-0.3, -0.25) is 0 Å². The summed E-state index contributed by atoms with van der Waals surface area (Å²) in [7, 11) is 0. The van der Waals surface area contributed by atoms with Crippen LogP contribution in [0.4, 0.5) is 4.39 Å². The van der Waals surface area contributed by atoms with Crippen molar-refractivity contribution in [3.05, 3.63) is 23.5 Å². The van der Waals surface area contributed by atoms with Gasteiger partial charge in [-0.2, -0.15) is 0 Å². The third-order valence-electron chi connectivity index (χ3n) is 1.79. The van der Waals surface area contributed by atoms with E-state index in [0.29, 0.717) is 6.42 Å². The topological polar surface area (TPSA) is 60.7 Å². The Hall–Kier alpha value is -1.29. The fraction of sp³-hybridized carbons (Fsp3) is 0.333. The highest BCUT2D eigenvalue weighted by molar-refractivity contribution is 5.45. The van der Waals surface area contributed by atoms with Gasteiger partial charge in [0.15, 0.2) is 11.5 Å². The number of phenolic OH excluding ortho intramolecular Hbond substituents is 2. The quantitative estimate of drug-likeness (QED) is 0.621. The van der Waals surface area contributed by atoms with Gasteiger partial charge in [-0.1, -0.05) is 0 Å². The van der Waals surface area contributed by atoms with Crippen LogP contribution in [-0.4, -0.2) is 21.9 Å². The first kappa shape index (κ1) is 9.80. The molecule has 0 bridgehead atoms. The molecule has 0 heterocycles. The second-order valence-corrected chi connectivity index (χ2v) is 2.72. The molecule has 0 aliphatic heterocycles. The van der Waals surface area contributed by atoms with E-state index in [1.165, 1.54) is 0 Å². The normalized spacial score (nSPS) is 10.3. The Labute approximate surface area is 75.1 Å². The van der Waals surface area contributed by atoms with Crippen LogP contribution in [0.3, 0.4) is 0 Å². The van der Waals surface area contributed by atoms with Crippen LogP contribution in [0.15, 0.2) is 12.1 Å². The van der Waals surface area contributed by atoms with Gasteiger partial charge in [0, 0.05) is 12.2 Å². The molecule has 0 aromatic heterocycles. The molecule has 0 aliphatic rings. The van der Waals surface area contributed by atoms with E-state index in [1.807, 2.05) is 0 Å². The molecule has 1 aromatic carbocycles. The Bertz CT molecular complexity index is 299. The van der Waals surface area contributed by atoms with Crippen molar-refractivity contribution >= 4 is 0 Å². The predicted octanol–water partition coefficient (Wildman–Crippen LogP) is 1.16. The maximum atomic E-state index is 13.0. The van der Waals surface area contributed by atoms with E-state index in [0.717, 1.165) is 12.1 Å². The first-order valence-electron chi connectivity index (χ1n) is 3.97. The molecule has 0 radical (unpaired) electrons. The lowest BCUT2D eigenvalue weighted by Gasteiger charge is -2.06. The SMILES string of the molecule is OCCCc1c(F)ccc(O)c1O. The van der Waals surface area contributed by atoms with Gasteiger partial charge >= 0.3 is 0 Å². The van der Waals surface area contributed by atoms with Gasteiger partial charge < -0.3 is 15.3 Å². The summed E-state index contributed by atoms with van der Waals surface area (Å²) < 4.78 is 13.0. The number of hydrogen-bond acceptors (Lipinski definition) is 3. The summed E-state index contributed by atoms with van der Waals surface area (Å²) in [5.41, 5.74) is 0.0500. The number of benzene rings is 1. The summed E-state index contributed by atoms with van der Waals surface area (Å²) in [4.78, 5) is 0. The van der Waals surface area contributed by atoms with Crippen molar-refractivity contribution in [3.63, 3.8) is 0 Å². The molecule has 72 valence electrons. The third-order valence-corrected chi connectivity index (χ3v) is 1.79. The molecule has 0 aliphatic carbocycles. The maximum absolute atomic E-state index is 13.0. The molecule has 4 heteroatoms. The Kier molecular flexibility index (Phi) is 3.08. The summed E-state index contributed by atoms with van der Waals surface area (Å²) in [5.74, 6) is -1.34. The van der Waals surface area contributed by atoms with Crippen LogP contribution < -0.4 is 0 Å². The molecule has 0 atom stereocenters. The Morgan fingerprint density at radius 2 is 1.92 bits per heavy atom. The summed E-state index contributed by atoms with van der Waals surface area (Å²) in [5, 5.41) is 26.8. The van der Waals surface area contributed by atoms with E-state index >= 15 is 0 Å². The Morgan fingerprint density at radius 1 is 1.23 bits per heavy atom. The molecule has 1 rings (SSSR count). The zero-order chi connectivity index (χ0) is 9.84. The number of aromatic hydroxyl groups is 2. The second-order valence-electron chi connectivity index (χ2n) is 2.72. The molecule has 3 N–H and O–H groups in total. The standard InChI is InChI=1S/C9H11FO3/c10-7-3-4-8(12)9(13)6(7)2-1-5-11/h3-4,11-13H,1-2,5H2. The highest BCUT2D eigenvalue weighted by Crippen LogP contribution is 2.31. The van der Waals surface area contributed by atoms with Crippen molar-refractivity contribution in [1.82, 2.24) is 0 Å². The molecule has 0 saturated carbocycles. The summed E-state index contributed by atoms with van der Waals surface area (Å²) in [6.45, 7) is -0.0749. The third kappa shape index (κ3) is 2.09. The monoisotopic (exact) mass is 186 g/mol. The first-order chi connectivity index (χ1) is 6.16. The lowest BCUT2D eigenvalue weighted by molar-refractivity contribution is 0.287. The predicted molar refractivity (Wildman–Crippen MR) is 45.1 cm³/mol. The Balaban J connectivity index is 2.96. The van der Waals surface area contributed by atoms with E-state index in [2.05, 4.69) is 0 Å². The van der Waals surface area contributed by atoms with Crippen LogP contribution in [0.2, 0.25) is 0 Å². The molecule has 0 saturated heterocycles. The van der Waals surface area contributed by atoms with Gasteiger partial charge in [0.2, 0.25) is 0 Å². The molecule has 0 amide bonds. The molecule has 0 unspecified atom stereocenters. The summed E-state index contributed by atoms with van der Waals surface area (Å²) in [6.07, 6.45) is 0.566. The van der Waals surface area contributed by atoms with Crippen molar-refractivity contribution < 1.29 is 19.7 Å². The summed E-state index contributed by atoms with van der Waals surface area (Å²) >= 11 is 0. The lowest BCUT2D eigenvalue weighted by atomic mass is 10.1. The van der Waals surface area contributed by atoms with Gasteiger partial charge in [-0.15, -0.1) is 0 Å². The average Bonchev–Trinajstić information content (AvgIpc) is 2.12. The van der Waals surface area contributed by atoms with Crippen molar-refractivity contribution in [2.45, 2.75) is 12.8 Å².